The van der Waals surface area contributed by atoms with Gasteiger partial charge in [0.2, 0.25) is 0 Å². The van der Waals surface area contributed by atoms with Crippen LogP contribution in [0.25, 0.3) is 10.9 Å². The zero-order valence-electron chi connectivity index (χ0n) is 18.7. The number of hydrogen-bond acceptors (Lipinski definition) is 6. The molecule has 1 aromatic heterocycles. The molecule has 0 radical (unpaired) electrons. The van der Waals surface area contributed by atoms with E-state index in [-0.39, 0.29) is 12.1 Å². The van der Waals surface area contributed by atoms with Gasteiger partial charge in [0.15, 0.2) is 11.5 Å². The smallest absolute Gasteiger partial charge is 0.162 e. The van der Waals surface area contributed by atoms with Gasteiger partial charge in [-0.1, -0.05) is 30.3 Å². The van der Waals surface area contributed by atoms with Crippen molar-refractivity contribution in [2.75, 3.05) is 14.2 Å². The van der Waals surface area contributed by atoms with Gasteiger partial charge in [-0.2, -0.15) is 0 Å². The standard InChI is InChI=1S/C26H27N3O3/c1-17(2)29-25(18-10-12-20(13-11-18)32-19-8-6-5-7-9-19)26-21-14-23(30-3)24(31-4)15-22(21)27-16-28-26/h5-17,25,29H,1-4H3. The molecule has 0 saturated carbocycles. The van der Waals surface area contributed by atoms with Crippen molar-refractivity contribution in [1.29, 1.82) is 0 Å². The Hall–Kier alpha value is -3.64. The van der Waals surface area contributed by atoms with Crippen LogP contribution in [0.1, 0.15) is 31.1 Å². The summed E-state index contributed by atoms with van der Waals surface area (Å²) >= 11 is 0. The second kappa shape index (κ2) is 9.66. The minimum Gasteiger partial charge on any atom is -0.493 e. The molecular formula is C26H27N3O3. The van der Waals surface area contributed by atoms with Crippen LogP contribution in [0.2, 0.25) is 0 Å². The van der Waals surface area contributed by atoms with E-state index in [1.165, 1.54) is 0 Å². The fourth-order valence-electron chi connectivity index (χ4n) is 3.65. The fourth-order valence-corrected chi connectivity index (χ4v) is 3.65. The van der Waals surface area contributed by atoms with Gasteiger partial charge in [-0.3, -0.25) is 0 Å². The molecule has 1 unspecified atom stereocenters. The second-order valence-corrected chi connectivity index (χ2v) is 7.72. The summed E-state index contributed by atoms with van der Waals surface area (Å²) < 4.78 is 16.9. The number of benzene rings is 3. The molecule has 32 heavy (non-hydrogen) atoms. The number of fused-ring (bicyclic) bond motifs is 1. The van der Waals surface area contributed by atoms with Crippen LogP contribution < -0.4 is 19.5 Å². The van der Waals surface area contributed by atoms with Gasteiger partial charge >= 0.3 is 0 Å². The summed E-state index contributed by atoms with van der Waals surface area (Å²) in [4.78, 5) is 9.10. The first-order valence-electron chi connectivity index (χ1n) is 10.5. The third-order valence-corrected chi connectivity index (χ3v) is 5.14. The molecule has 3 aromatic carbocycles. The molecule has 0 aliphatic carbocycles. The fraction of sp³-hybridized carbons (Fsp3) is 0.231. The van der Waals surface area contributed by atoms with E-state index < -0.39 is 0 Å². The first kappa shape index (κ1) is 21.6. The molecule has 1 atom stereocenters. The first-order chi connectivity index (χ1) is 15.6. The lowest BCUT2D eigenvalue weighted by atomic mass is 9.98. The molecule has 164 valence electrons. The van der Waals surface area contributed by atoms with Crippen LogP contribution >= 0.6 is 0 Å². The molecule has 0 saturated heterocycles. The highest BCUT2D eigenvalue weighted by atomic mass is 16.5. The summed E-state index contributed by atoms with van der Waals surface area (Å²) in [5, 5.41) is 4.55. The maximum absolute atomic E-state index is 5.95. The zero-order chi connectivity index (χ0) is 22.5. The molecule has 1 heterocycles. The van der Waals surface area contributed by atoms with Crippen LogP contribution in [0, 0.1) is 0 Å². The van der Waals surface area contributed by atoms with Crippen LogP contribution in [0.4, 0.5) is 0 Å². The Balaban J connectivity index is 1.73. The van der Waals surface area contributed by atoms with Crippen LogP contribution in [0.5, 0.6) is 23.0 Å². The Morgan fingerprint density at radius 3 is 2.09 bits per heavy atom. The van der Waals surface area contributed by atoms with Gasteiger partial charge in [-0.05, 0) is 49.7 Å². The number of methoxy groups -OCH3 is 2. The minimum absolute atomic E-state index is 0.135. The van der Waals surface area contributed by atoms with E-state index in [1.54, 1.807) is 20.5 Å². The van der Waals surface area contributed by atoms with E-state index in [1.807, 2.05) is 54.6 Å². The van der Waals surface area contributed by atoms with Crippen LogP contribution in [0.15, 0.2) is 73.1 Å². The lowest BCUT2D eigenvalue weighted by Crippen LogP contribution is -2.29. The summed E-state index contributed by atoms with van der Waals surface area (Å²) in [6.45, 7) is 4.24. The molecule has 4 rings (SSSR count). The predicted molar refractivity (Wildman–Crippen MR) is 126 cm³/mol. The quantitative estimate of drug-likeness (QED) is 0.397. The van der Waals surface area contributed by atoms with E-state index >= 15 is 0 Å². The number of hydrogen-bond donors (Lipinski definition) is 1. The third kappa shape index (κ3) is 4.65. The van der Waals surface area contributed by atoms with Crippen molar-refractivity contribution < 1.29 is 14.2 Å². The van der Waals surface area contributed by atoms with Gasteiger partial charge in [0, 0.05) is 17.5 Å². The van der Waals surface area contributed by atoms with Crippen molar-refractivity contribution in [2.45, 2.75) is 25.9 Å². The molecule has 6 heteroatoms. The number of nitrogens with zero attached hydrogens (tertiary/aromatic N) is 2. The zero-order valence-corrected chi connectivity index (χ0v) is 18.7. The van der Waals surface area contributed by atoms with Crippen molar-refractivity contribution in [2.24, 2.45) is 0 Å². The van der Waals surface area contributed by atoms with Gasteiger partial charge in [0.25, 0.3) is 0 Å². The molecule has 0 spiro atoms. The van der Waals surface area contributed by atoms with E-state index in [4.69, 9.17) is 14.2 Å². The number of para-hydroxylation sites is 1. The lowest BCUT2D eigenvalue weighted by Gasteiger charge is -2.23. The topological polar surface area (TPSA) is 65.5 Å². The highest BCUT2D eigenvalue weighted by Gasteiger charge is 2.21. The van der Waals surface area contributed by atoms with Crippen molar-refractivity contribution in [3.8, 4) is 23.0 Å². The normalized spacial score (nSPS) is 12.0. The van der Waals surface area contributed by atoms with Crippen molar-refractivity contribution in [3.05, 3.63) is 84.3 Å². The molecule has 0 aliphatic heterocycles. The van der Waals surface area contributed by atoms with Gasteiger partial charge < -0.3 is 19.5 Å². The summed E-state index contributed by atoms with van der Waals surface area (Å²) in [5.41, 5.74) is 2.75. The highest BCUT2D eigenvalue weighted by Crippen LogP contribution is 2.35. The molecule has 0 amide bonds. The molecule has 0 fully saturated rings. The molecule has 0 bridgehead atoms. The number of ether oxygens (including phenoxy) is 3. The third-order valence-electron chi connectivity index (χ3n) is 5.14. The van der Waals surface area contributed by atoms with Crippen LogP contribution in [-0.2, 0) is 0 Å². The van der Waals surface area contributed by atoms with Gasteiger partial charge in [0.05, 0.1) is 31.5 Å². The summed E-state index contributed by atoms with van der Waals surface area (Å²) in [5.74, 6) is 2.87. The van der Waals surface area contributed by atoms with E-state index in [2.05, 4.69) is 41.3 Å². The van der Waals surface area contributed by atoms with Crippen molar-refractivity contribution >= 4 is 10.9 Å². The molecular weight excluding hydrogens is 402 g/mol. The largest absolute Gasteiger partial charge is 0.493 e. The average molecular weight is 430 g/mol. The average Bonchev–Trinajstić information content (AvgIpc) is 2.82. The Morgan fingerprint density at radius 2 is 1.44 bits per heavy atom. The van der Waals surface area contributed by atoms with E-state index in [0.29, 0.717) is 11.5 Å². The van der Waals surface area contributed by atoms with Crippen LogP contribution in [0.3, 0.4) is 0 Å². The second-order valence-electron chi connectivity index (χ2n) is 7.72. The summed E-state index contributed by atoms with van der Waals surface area (Å²) in [7, 11) is 3.25. The van der Waals surface area contributed by atoms with Crippen molar-refractivity contribution in [1.82, 2.24) is 15.3 Å². The Labute approximate surface area is 188 Å². The number of nitrogens with one attached hydrogen (secondary N) is 1. The molecule has 4 aromatic rings. The molecule has 6 nitrogen and oxygen atoms in total. The van der Waals surface area contributed by atoms with E-state index in [9.17, 15) is 0 Å². The maximum Gasteiger partial charge on any atom is 0.162 e. The Bertz CT molecular complexity index is 1180. The Kier molecular flexibility index (Phi) is 6.52. The number of rotatable bonds is 8. The lowest BCUT2D eigenvalue weighted by molar-refractivity contribution is 0.355. The first-order valence-corrected chi connectivity index (χ1v) is 10.5. The monoisotopic (exact) mass is 429 g/mol. The predicted octanol–water partition coefficient (Wildman–Crippen LogP) is 5.53. The van der Waals surface area contributed by atoms with Gasteiger partial charge in [0.1, 0.15) is 17.8 Å². The summed E-state index contributed by atoms with van der Waals surface area (Å²) in [6.07, 6.45) is 1.59. The van der Waals surface area contributed by atoms with Gasteiger partial charge in [-0.25, -0.2) is 9.97 Å². The molecule has 0 aliphatic rings. The Morgan fingerprint density at radius 1 is 0.781 bits per heavy atom. The number of aromatic nitrogens is 2. The van der Waals surface area contributed by atoms with Crippen LogP contribution in [-0.4, -0.2) is 30.2 Å². The maximum atomic E-state index is 5.95. The summed E-state index contributed by atoms with van der Waals surface area (Å²) in [6, 6.07) is 21.7. The van der Waals surface area contributed by atoms with Crippen molar-refractivity contribution in [3.63, 3.8) is 0 Å². The van der Waals surface area contributed by atoms with E-state index in [0.717, 1.165) is 33.7 Å². The SMILES string of the molecule is COc1cc2ncnc(C(NC(C)C)c3ccc(Oc4ccccc4)cc3)c2cc1OC. The minimum atomic E-state index is -0.135. The van der Waals surface area contributed by atoms with Gasteiger partial charge in [-0.15, -0.1) is 0 Å². The molecule has 1 N–H and O–H groups in total. The highest BCUT2D eigenvalue weighted by molar-refractivity contribution is 5.85.